The molecule has 1 unspecified atom stereocenters. The molecule has 0 aliphatic carbocycles. The monoisotopic (exact) mass is 185 g/mol. The molecule has 1 rings (SSSR count). The number of nitro groups is 1. The zero-order valence-corrected chi connectivity index (χ0v) is 8.03. The van der Waals surface area contributed by atoms with Crippen LogP contribution in [0.5, 0.6) is 0 Å². The van der Waals surface area contributed by atoms with Crippen LogP contribution >= 0.6 is 0 Å². The van der Waals surface area contributed by atoms with Crippen LogP contribution in [-0.4, -0.2) is 18.1 Å². The molecule has 74 valence electrons. The van der Waals surface area contributed by atoms with Crippen LogP contribution in [0.1, 0.15) is 20.3 Å². The first-order chi connectivity index (χ1) is 6.11. The van der Waals surface area contributed by atoms with E-state index in [1.54, 1.807) is 6.08 Å². The molecule has 0 aromatic rings. The fourth-order valence-corrected chi connectivity index (χ4v) is 1.39. The van der Waals surface area contributed by atoms with Crippen LogP contribution in [0.2, 0.25) is 0 Å². The third-order valence-electron chi connectivity index (χ3n) is 2.17. The second-order valence-electron chi connectivity index (χ2n) is 3.63. The Hall–Kier alpha value is -0.900. The van der Waals surface area contributed by atoms with Crippen molar-refractivity contribution in [1.29, 1.82) is 0 Å². The van der Waals surface area contributed by atoms with Crippen LogP contribution in [0.3, 0.4) is 0 Å². The summed E-state index contributed by atoms with van der Waals surface area (Å²) in [6, 6.07) is 0. The highest BCUT2D eigenvalue weighted by Gasteiger charge is 2.21. The molecule has 1 saturated heterocycles. The van der Waals surface area contributed by atoms with Gasteiger partial charge in [-0.05, 0) is 12.5 Å². The molecule has 1 heterocycles. The van der Waals surface area contributed by atoms with Crippen molar-refractivity contribution < 1.29 is 9.66 Å². The Balaban J connectivity index is 2.67. The maximum absolute atomic E-state index is 10.6. The Kier molecular flexibility index (Phi) is 3.42. The van der Waals surface area contributed by atoms with E-state index in [-0.39, 0.29) is 16.8 Å². The largest absolute Gasteiger partial charge is 0.381 e. The van der Waals surface area contributed by atoms with Crippen molar-refractivity contribution in [2.24, 2.45) is 11.8 Å². The first kappa shape index (κ1) is 10.2. The third-order valence-corrected chi connectivity index (χ3v) is 2.17. The molecule has 0 spiro atoms. The van der Waals surface area contributed by atoms with Gasteiger partial charge in [-0.25, -0.2) is 0 Å². The summed E-state index contributed by atoms with van der Waals surface area (Å²) in [6.45, 7) is 5.03. The molecule has 0 amide bonds. The van der Waals surface area contributed by atoms with Crippen molar-refractivity contribution in [3.63, 3.8) is 0 Å². The smallest absolute Gasteiger partial charge is 0.245 e. The summed E-state index contributed by atoms with van der Waals surface area (Å²) < 4.78 is 5.15. The van der Waals surface area contributed by atoms with Gasteiger partial charge in [-0.3, -0.25) is 10.1 Å². The van der Waals surface area contributed by atoms with Crippen molar-refractivity contribution >= 4 is 0 Å². The Morgan fingerprint density at radius 1 is 1.69 bits per heavy atom. The van der Waals surface area contributed by atoms with E-state index in [2.05, 4.69) is 0 Å². The summed E-state index contributed by atoms with van der Waals surface area (Å²) >= 11 is 0. The van der Waals surface area contributed by atoms with Gasteiger partial charge in [0.2, 0.25) is 5.70 Å². The van der Waals surface area contributed by atoms with E-state index in [1.807, 2.05) is 13.8 Å². The van der Waals surface area contributed by atoms with Crippen LogP contribution in [0, 0.1) is 22.0 Å². The van der Waals surface area contributed by atoms with Crippen LogP contribution in [-0.2, 0) is 4.74 Å². The number of ether oxygens (including phenoxy) is 1. The summed E-state index contributed by atoms with van der Waals surface area (Å²) in [4.78, 5) is 10.3. The fourth-order valence-electron chi connectivity index (χ4n) is 1.39. The summed E-state index contributed by atoms with van der Waals surface area (Å²) in [7, 11) is 0. The first-order valence-electron chi connectivity index (χ1n) is 4.55. The highest BCUT2D eigenvalue weighted by Crippen LogP contribution is 2.19. The number of hydrogen-bond donors (Lipinski definition) is 0. The lowest BCUT2D eigenvalue weighted by molar-refractivity contribution is -0.433. The molecule has 0 aromatic heterocycles. The van der Waals surface area contributed by atoms with Gasteiger partial charge in [0.05, 0.1) is 11.5 Å². The maximum atomic E-state index is 10.6. The number of nitrogens with zero attached hydrogens (tertiary/aromatic N) is 1. The zero-order valence-electron chi connectivity index (χ0n) is 8.03. The van der Waals surface area contributed by atoms with E-state index in [9.17, 15) is 10.1 Å². The SMILES string of the molecule is CC(C)C(=CC1CCOC1)[N+](=O)[O-]. The molecule has 13 heavy (non-hydrogen) atoms. The van der Waals surface area contributed by atoms with Crippen molar-refractivity contribution in [1.82, 2.24) is 0 Å². The van der Waals surface area contributed by atoms with E-state index in [0.29, 0.717) is 12.3 Å². The second kappa shape index (κ2) is 4.37. The molecule has 4 nitrogen and oxygen atoms in total. The molecule has 0 saturated carbocycles. The maximum Gasteiger partial charge on any atom is 0.245 e. The van der Waals surface area contributed by atoms with E-state index < -0.39 is 0 Å². The minimum Gasteiger partial charge on any atom is -0.381 e. The Morgan fingerprint density at radius 2 is 2.38 bits per heavy atom. The van der Waals surface area contributed by atoms with Crippen molar-refractivity contribution in [3.8, 4) is 0 Å². The second-order valence-corrected chi connectivity index (χ2v) is 3.63. The average molecular weight is 185 g/mol. The highest BCUT2D eigenvalue weighted by molar-refractivity contribution is 4.99. The predicted octanol–water partition coefficient (Wildman–Crippen LogP) is 1.84. The van der Waals surface area contributed by atoms with E-state index in [4.69, 9.17) is 4.74 Å². The van der Waals surface area contributed by atoms with Crippen LogP contribution in [0.15, 0.2) is 11.8 Å². The first-order valence-corrected chi connectivity index (χ1v) is 4.55. The fraction of sp³-hybridized carbons (Fsp3) is 0.778. The van der Waals surface area contributed by atoms with Crippen molar-refractivity contribution in [3.05, 3.63) is 21.9 Å². The number of hydrogen-bond acceptors (Lipinski definition) is 3. The molecular formula is C9H15NO3. The highest BCUT2D eigenvalue weighted by atomic mass is 16.6. The predicted molar refractivity (Wildman–Crippen MR) is 48.8 cm³/mol. The summed E-state index contributed by atoms with van der Waals surface area (Å²) in [6.07, 6.45) is 2.65. The molecule has 0 aromatic carbocycles. The molecule has 1 aliphatic heterocycles. The minimum absolute atomic E-state index is 0.0180. The molecule has 4 heteroatoms. The van der Waals surface area contributed by atoms with Gasteiger partial charge in [0.15, 0.2) is 0 Å². The van der Waals surface area contributed by atoms with Crippen molar-refractivity contribution in [2.75, 3.05) is 13.2 Å². The van der Waals surface area contributed by atoms with Crippen LogP contribution < -0.4 is 0 Å². The van der Waals surface area contributed by atoms with Gasteiger partial charge in [-0.2, -0.15) is 0 Å². The Morgan fingerprint density at radius 3 is 2.77 bits per heavy atom. The van der Waals surface area contributed by atoms with Gasteiger partial charge in [0.1, 0.15) is 0 Å². The van der Waals surface area contributed by atoms with Crippen LogP contribution in [0.4, 0.5) is 0 Å². The summed E-state index contributed by atoms with van der Waals surface area (Å²) in [5, 5.41) is 10.6. The van der Waals surface area contributed by atoms with Gasteiger partial charge in [0, 0.05) is 18.4 Å². The van der Waals surface area contributed by atoms with E-state index in [1.165, 1.54) is 0 Å². The van der Waals surface area contributed by atoms with E-state index >= 15 is 0 Å². The van der Waals surface area contributed by atoms with Gasteiger partial charge >= 0.3 is 0 Å². The molecule has 0 N–H and O–H groups in total. The van der Waals surface area contributed by atoms with E-state index in [0.717, 1.165) is 13.0 Å². The Bertz CT molecular complexity index is 217. The van der Waals surface area contributed by atoms with Crippen molar-refractivity contribution in [2.45, 2.75) is 20.3 Å². The number of allylic oxidation sites excluding steroid dienone is 1. The summed E-state index contributed by atoms with van der Waals surface area (Å²) in [5.41, 5.74) is 0.315. The third kappa shape index (κ3) is 2.81. The molecule has 1 aliphatic rings. The lowest BCUT2D eigenvalue weighted by Crippen LogP contribution is -2.09. The van der Waals surface area contributed by atoms with Gasteiger partial charge in [0.25, 0.3) is 0 Å². The lowest BCUT2D eigenvalue weighted by Gasteiger charge is -2.04. The Labute approximate surface area is 77.7 Å². The average Bonchev–Trinajstić information content (AvgIpc) is 2.50. The minimum atomic E-state index is -0.289. The van der Waals surface area contributed by atoms with Gasteiger partial charge < -0.3 is 4.74 Å². The van der Waals surface area contributed by atoms with Crippen LogP contribution in [0.25, 0.3) is 0 Å². The van der Waals surface area contributed by atoms with Gasteiger partial charge in [-0.1, -0.05) is 13.8 Å². The lowest BCUT2D eigenvalue weighted by atomic mass is 10.0. The number of rotatable bonds is 3. The molecule has 1 fully saturated rings. The molecular weight excluding hydrogens is 170 g/mol. The molecule has 0 radical (unpaired) electrons. The normalized spacial score (nSPS) is 23.9. The summed E-state index contributed by atoms with van der Waals surface area (Å²) in [5.74, 6) is 0.221. The van der Waals surface area contributed by atoms with Gasteiger partial charge in [-0.15, -0.1) is 0 Å². The standard InChI is InChI=1S/C9H15NO3/c1-7(2)9(10(11)12)5-8-3-4-13-6-8/h5,7-8H,3-4,6H2,1-2H3. The zero-order chi connectivity index (χ0) is 9.84. The molecule has 1 atom stereocenters. The quantitative estimate of drug-likeness (QED) is 0.498. The molecule has 0 bridgehead atoms. The topological polar surface area (TPSA) is 52.4 Å².